The molecular formula is C23H25BrO6. The molecule has 7 heteroatoms. The number of ether oxygens (including phenoxy) is 6. The van der Waals surface area contributed by atoms with Crippen molar-refractivity contribution >= 4 is 15.9 Å². The summed E-state index contributed by atoms with van der Waals surface area (Å²) in [5.41, 5.74) is 1.04. The van der Waals surface area contributed by atoms with Gasteiger partial charge in [-0.25, -0.2) is 0 Å². The molecule has 0 aromatic heterocycles. The minimum atomic E-state index is -0.772. The number of rotatable bonds is 6. The smallest absolute Gasteiger partial charge is 0.269 e. The van der Waals surface area contributed by atoms with Crippen molar-refractivity contribution in [2.24, 2.45) is 0 Å². The Labute approximate surface area is 184 Å². The molecule has 0 N–H and O–H groups in total. The molecule has 0 radical (unpaired) electrons. The number of methoxy groups -OCH3 is 1. The summed E-state index contributed by atoms with van der Waals surface area (Å²) >= 11 is 3.52. The summed E-state index contributed by atoms with van der Waals surface area (Å²) in [5.74, 6) is 0.999. The highest BCUT2D eigenvalue weighted by molar-refractivity contribution is 9.10. The predicted molar refractivity (Wildman–Crippen MR) is 114 cm³/mol. The van der Waals surface area contributed by atoms with E-state index in [0.717, 1.165) is 15.8 Å². The van der Waals surface area contributed by atoms with Crippen molar-refractivity contribution in [3.63, 3.8) is 0 Å². The molecule has 30 heavy (non-hydrogen) atoms. The molecule has 0 bridgehead atoms. The Morgan fingerprint density at radius 2 is 1.87 bits per heavy atom. The molecule has 0 unspecified atom stereocenters. The molecule has 6 nitrogen and oxygen atoms in total. The Morgan fingerprint density at radius 3 is 2.57 bits per heavy atom. The van der Waals surface area contributed by atoms with Gasteiger partial charge >= 0.3 is 0 Å². The lowest BCUT2D eigenvalue weighted by molar-refractivity contribution is -0.217. The molecule has 2 aliphatic heterocycles. The predicted octanol–water partition coefficient (Wildman–Crippen LogP) is 4.81. The van der Waals surface area contributed by atoms with Gasteiger partial charge in [-0.05, 0) is 53.5 Å². The van der Waals surface area contributed by atoms with Crippen molar-refractivity contribution in [3.05, 3.63) is 70.9 Å². The Balaban J connectivity index is 1.58. The molecule has 0 saturated carbocycles. The van der Waals surface area contributed by atoms with Crippen molar-refractivity contribution < 1.29 is 28.4 Å². The monoisotopic (exact) mass is 476 g/mol. The standard InChI is InChI=1S/C23H25BrO6/c1-14-19-20(30-23(2,3)29-19)21(26-13-15-8-6-5-7-9-15)22(27-14)28-18-11-10-16(25-4)12-17(18)24/h5-12,19-22H,1,13H2,2-4H3/t19-,20+,21-,22-/m1/s1. The molecule has 2 aromatic rings. The highest BCUT2D eigenvalue weighted by Crippen LogP contribution is 2.41. The van der Waals surface area contributed by atoms with Crippen LogP contribution in [0.1, 0.15) is 19.4 Å². The van der Waals surface area contributed by atoms with Crippen LogP contribution in [0.5, 0.6) is 11.5 Å². The van der Waals surface area contributed by atoms with Crippen molar-refractivity contribution in [3.8, 4) is 11.5 Å². The van der Waals surface area contributed by atoms with Crippen molar-refractivity contribution in [2.75, 3.05) is 7.11 Å². The maximum Gasteiger partial charge on any atom is 0.269 e. The van der Waals surface area contributed by atoms with E-state index in [0.29, 0.717) is 18.1 Å². The fourth-order valence-corrected chi connectivity index (χ4v) is 4.03. The molecule has 4 rings (SSSR count). The molecule has 0 spiro atoms. The van der Waals surface area contributed by atoms with Gasteiger partial charge in [0.1, 0.15) is 29.5 Å². The fraction of sp³-hybridized carbons (Fsp3) is 0.391. The molecule has 0 amide bonds. The van der Waals surface area contributed by atoms with Gasteiger partial charge < -0.3 is 28.4 Å². The zero-order valence-electron chi connectivity index (χ0n) is 17.2. The number of halogens is 1. The van der Waals surface area contributed by atoms with Gasteiger partial charge in [0.05, 0.1) is 18.2 Å². The van der Waals surface area contributed by atoms with Crippen LogP contribution in [0, 0.1) is 0 Å². The first kappa shape index (κ1) is 21.2. The molecule has 2 saturated heterocycles. The van der Waals surface area contributed by atoms with Gasteiger partial charge in [0.15, 0.2) is 11.9 Å². The average molecular weight is 477 g/mol. The highest BCUT2D eigenvalue weighted by Gasteiger charge is 2.55. The van der Waals surface area contributed by atoms with Crippen LogP contribution >= 0.6 is 15.9 Å². The first-order valence-corrected chi connectivity index (χ1v) is 10.5. The molecule has 2 aromatic carbocycles. The zero-order chi connectivity index (χ0) is 21.3. The number of hydrogen-bond donors (Lipinski definition) is 0. The molecule has 160 valence electrons. The second-order valence-electron chi connectivity index (χ2n) is 7.65. The minimum Gasteiger partial charge on any atom is -0.497 e. The van der Waals surface area contributed by atoms with Gasteiger partial charge in [-0.15, -0.1) is 0 Å². The normalized spacial score (nSPS) is 27.3. The lowest BCUT2D eigenvalue weighted by atomic mass is 10.0. The van der Waals surface area contributed by atoms with Crippen molar-refractivity contribution in [1.29, 1.82) is 0 Å². The van der Waals surface area contributed by atoms with Crippen LogP contribution in [0.2, 0.25) is 0 Å². The third-order valence-corrected chi connectivity index (χ3v) is 5.59. The molecule has 2 heterocycles. The van der Waals surface area contributed by atoms with E-state index in [1.807, 2.05) is 62.4 Å². The summed E-state index contributed by atoms with van der Waals surface area (Å²) in [6, 6.07) is 15.4. The Bertz CT molecular complexity index is 900. The van der Waals surface area contributed by atoms with E-state index in [1.54, 1.807) is 7.11 Å². The Morgan fingerprint density at radius 1 is 1.10 bits per heavy atom. The van der Waals surface area contributed by atoms with Crippen LogP contribution < -0.4 is 9.47 Å². The second-order valence-corrected chi connectivity index (χ2v) is 8.50. The maximum absolute atomic E-state index is 6.26. The van der Waals surface area contributed by atoms with Gasteiger partial charge in [0.2, 0.25) is 0 Å². The first-order chi connectivity index (χ1) is 14.4. The SMILES string of the molecule is C=C1O[C@H](Oc2ccc(OC)cc2Br)[C@H](OCc2ccccc2)[C@H]2OC(C)(C)O[C@H]12. The Kier molecular flexibility index (Phi) is 6.06. The van der Waals surface area contributed by atoms with Crippen LogP contribution in [0.25, 0.3) is 0 Å². The summed E-state index contributed by atoms with van der Waals surface area (Å²) in [6.07, 6.45) is -2.13. The van der Waals surface area contributed by atoms with E-state index in [9.17, 15) is 0 Å². The van der Waals surface area contributed by atoms with E-state index in [-0.39, 0.29) is 0 Å². The van der Waals surface area contributed by atoms with E-state index < -0.39 is 30.4 Å². The quantitative estimate of drug-likeness (QED) is 0.595. The van der Waals surface area contributed by atoms with Gasteiger partial charge in [-0.1, -0.05) is 36.9 Å². The molecule has 0 aliphatic carbocycles. The average Bonchev–Trinajstić information content (AvgIpc) is 3.05. The van der Waals surface area contributed by atoms with Crippen LogP contribution in [0.4, 0.5) is 0 Å². The largest absolute Gasteiger partial charge is 0.497 e. The van der Waals surface area contributed by atoms with Gasteiger partial charge in [-0.2, -0.15) is 0 Å². The highest BCUT2D eigenvalue weighted by atomic mass is 79.9. The lowest BCUT2D eigenvalue weighted by Crippen LogP contribution is -2.53. The van der Waals surface area contributed by atoms with Gasteiger partial charge in [-0.3, -0.25) is 0 Å². The maximum atomic E-state index is 6.26. The number of hydrogen-bond acceptors (Lipinski definition) is 6. The van der Waals surface area contributed by atoms with E-state index in [4.69, 9.17) is 28.4 Å². The summed E-state index contributed by atoms with van der Waals surface area (Å²) in [6.45, 7) is 8.14. The fourth-order valence-electron chi connectivity index (χ4n) is 3.58. The molecule has 2 fully saturated rings. The summed E-state index contributed by atoms with van der Waals surface area (Å²) < 4.78 is 36.6. The van der Waals surface area contributed by atoms with Crippen LogP contribution in [0.15, 0.2) is 65.3 Å². The zero-order valence-corrected chi connectivity index (χ0v) is 18.8. The Hall–Kier alpha value is -2.06. The van der Waals surface area contributed by atoms with Crippen LogP contribution in [-0.4, -0.2) is 37.5 Å². The molecule has 2 aliphatic rings. The van der Waals surface area contributed by atoms with Crippen molar-refractivity contribution in [1.82, 2.24) is 0 Å². The van der Waals surface area contributed by atoms with Crippen LogP contribution in [-0.2, 0) is 25.6 Å². The number of benzene rings is 2. The summed E-state index contributed by atoms with van der Waals surface area (Å²) in [4.78, 5) is 0. The topological polar surface area (TPSA) is 55.4 Å². The van der Waals surface area contributed by atoms with E-state index >= 15 is 0 Å². The number of fused-ring (bicyclic) bond motifs is 1. The third kappa shape index (κ3) is 4.49. The minimum absolute atomic E-state index is 0.387. The summed E-state index contributed by atoms with van der Waals surface area (Å²) in [7, 11) is 1.61. The second kappa shape index (κ2) is 8.59. The van der Waals surface area contributed by atoms with Crippen LogP contribution in [0.3, 0.4) is 0 Å². The molecular weight excluding hydrogens is 452 g/mol. The van der Waals surface area contributed by atoms with Gasteiger partial charge in [0.25, 0.3) is 6.29 Å². The lowest BCUT2D eigenvalue weighted by Gasteiger charge is -2.38. The van der Waals surface area contributed by atoms with E-state index in [1.165, 1.54) is 0 Å². The molecule has 4 atom stereocenters. The first-order valence-electron chi connectivity index (χ1n) is 9.73. The van der Waals surface area contributed by atoms with Crippen molar-refractivity contribution in [2.45, 2.75) is 50.8 Å². The summed E-state index contributed by atoms with van der Waals surface area (Å²) in [5, 5.41) is 0. The third-order valence-electron chi connectivity index (χ3n) is 4.97. The van der Waals surface area contributed by atoms with E-state index in [2.05, 4.69) is 22.5 Å². The van der Waals surface area contributed by atoms with Gasteiger partial charge in [0, 0.05) is 0 Å².